The molecule has 10 heteroatoms. The molecule has 1 aromatic carbocycles. The maximum Gasteiger partial charge on any atom is 0.266 e. The van der Waals surface area contributed by atoms with Crippen molar-refractivity contribution in [3.05, 3.63) is 87.9 Å². The van der Waals surface area contributed by atoms with Gasteiger partial charge in [0.1, 0.15) is 11.6 Å². The highest BCUT2D eigenvalue weighted by molar-refractivity contribution is 6.28. The molecule has 0 unspecified atom stereocenters. The van der Waals surface area contributed by atoms with Crippen LogP contribution in [0.4, 0.5) is 19.0 Å². The zero-order valence-corrected chi connectivity index (χ0v) is 20.8. The third kappa shape index (κ3) is 6.35. The molecular weight excluding hydrogens is 477 g/mol. The Balaban J connectivity index is 1.87. The molecule has 2 aromatic rings. The van der Waals surface area contributed by atoms with Crippen molar-refractivity contribution in [1.29, 1.82) is 0 Å². The Morgan fingerprint density at radius 3 is 2.77 bits per heavy atom. The number of fused-ring (bicyclic) bond motifs is 1. The molecule has 188 valence electrons. The van der Waals surface area contributed by atoms with Crippen LogP contribution in [0.25, 0.3) is 0 Å². The van der Waals surface area contributed by atoms with E-state index in [1.807, 2.05) is 26.2 Å². The number of hydrogen-bond donors (Lipinski definition) is 2. The lowest BCUT2D eigenvalue weighted by Crippen LogP contribution is -2.29. The van der Waals surface area contributed by atoms with Crippen LogP contribution in [-0.2, 0) is 19.6 Å². The highest BCUT2D eigenvalue weighted by atomic mass is 35.5. The van der Waals surface area contributed by atoms with E-state index in [0.29, 0.717) is 18.9 Å². The average molecular weight is 507 g/mol. The minimum Gasteiger partial charge on any atom is -0.375 e. The first-order chi connectivity index (χ1) is 16.8. The van der Waals surface area contributed by atoms with Crippen LogP contribution in [0.3, 0.4) is 0 Å². The summed E-state index contributed by atoms with van der Waals surface area (Å²) in [6.07, 6.45) is 2.71. The molecule has 0 atom stereocenters. The van der Waals surface area contributed by atoms with Gasteiger partial charge in [-0.15, -0.1) is 0 Å². The molecule has 35 heavy (non-hydrogen) atoms. The van der Waals surface area contributed by atoms with Gasteiger partial charge in [-0.3, -0.25) is 0 Å². The van der Waals surface area contributed by atoms with Crippen LogP contribution < -0.4 is 10.6 Å². The van der Waals surface area contributed by atoms with Crippen molar-refractivity contribution in [2.75, 3.05) is 32.5 Å². The van der Waals surface area contributed by atoms with Gasteiger partial charge in [0.15, 0.2) is 0 Å². The quantitative estimate of drug-likeness (QED) is 0.320. The lowest BCUT2D eigenvalue weighted by molar-refractivity contribution is 0.146. The predicted molar refractivity (Wildman–Crippen MR) is 134 cm³/mol. The lowest BCUT2D eigenvalue weighted by Gasteiger charge is -2.27. The molecule has 0 aliphatic carbocycles. The van der Waals surface area contributed by atoms with E-state index in [0.717, 1.165) is 41.8 Å². The molecule has 2 heterocycles. The number of alkyl halides is 2. The van der Waals surface area contributed by atoms with Crippen LogP contribution in [0.15, 0.2) is 54.4 Å². The molecule has 0 saturated carbocycles. The maximum absolute atomic E-state index is 14.5. The van der Waals surface area contributed by atoms with Crippen molar-refractivity contribution < 1.29 is 13.2 Å². The molecule has 2 N–H and O–H groups in total. The molecule has 0 amide bonds. The van der Waals surface area contributed by atoms with Crippen LogP contribution in [0.5, 0.6) is 0 Å². The van der Waals surface area contributed by atoms with Gasteiger partial charge in [0, 0.05) is 50.1 Å². The summed E-state index contributed by atoms with van der Waals surface area (Å²) < 4.78 is 40.7. The maximum atomic E-state index is 14.5. The van der Waals surface area contributed by atoms with Crippen LogP contribution in [-0.4, -0.2) is 47.0 Å². The minimum absolute atomic E-state index is 0.0168. The second-order valence-corrected chi connectivity index (χ2v) is 8.53. The molecule has 0 saturated heterocycles. The number of likely N-dealkylation sites (N-methyl/N-ethyl adjacent to an activating group) is 2. The predicted octanol–water partition coefficient (Wildman–Crippen LogP) is 5.26. The molecule has 0 radical (unpaired) electrons. The van der Waals surface area contributed by atoms with Gasteiger partial charge in [0.2, 0.25) is 5.28 Å². The zero-order valence-electron chi connectivity index (χ0n) is 20.1. The van der Waals surface area contributed by atoms with Gasteiger partial charge >= 0.3 is 0 Å². The van der Waals surface area contributed by atoms with E-state index >= 15 is 0 Å². The molecule has 0 bridgehead atoms. The highest BCUT2D eigenvalue weighted by Gasteiger charge is 2.27. The van der Waals surface area contributed by atoms with Crippen LogP contribution in [0, 0.1) is 5.82 Å². The first kappa shape index (κ1) is 26.6. The van der Waals surface area contributed by atoms with Crippen molar-refractivity contribution >= 4 is 17.4 Å². The van der Waals surface area contributed by atoms with Crippen molar-refractivity contribution in [3.63, 3.8) is 0 Å². The summed E-state index contributed by atoms with van der Waals surface area (Å²) >= 11 is 6.18. The molecule has 1 aliphatic rings. The monoisotopic (exact) mass is 506 g/mol. The Hall–Kier alpha value is -3.04. The van der Waals surface area contributed by atoms with Gasteiger partial charge in [0.25, 0.3) is 6.43 Å². The van der Waals surface area contributed by atoms with E-state index in [2.05, 4.69) is 43.9 Å². The fourth-order valence-electron chi connectivity index (χ4n) is 3.88. The van der Waals surface area contributed by atoms with E-state index < -0.39 is 17.8 Å². The van der Waals surface area contributed by atoms with Gasteiger partial charge in [-0.05, 0) is 31.6 Å². The first-order valence-corrected chi connectivity index (χ1v) is 11.6. The van der Waals surface area contributed by atoms with Gasteiger partial charge < -0.3 is 20.4 Å². The van der Waals surface area contributed by atoms with Crippen molar-refractivity contribution in [2.24, 2.45) is 0 Å². The van der Waals surface area contributed by atoms with Gasteiger partial charge in [-0.2, -0.15) is 0 Å². The van der Waals surface area contributed by atoms with Crippen molar-refractivity contribution in [1.82, 2.24) is 25.1 Å². The normalized spacial score (nSPS) is 13.9. The number of allylic oxidation sites excluding steroid dienone is 4. The largest absolute Gasteiger partial charge is 0.375 e. The first-order valence-electron chi connectivity index (χ1n) is 11.2. The van der Waals surface area contributed by atoms with Crippen molar-refractivity contribution in [2.45, 2.75) is 33.0 Å². The minimum atomic E-state index is -2.88. The van der Waals surface area contributed by atoms with E-state index in [9.17, 15) is 13.2 Å². The average Bonchev–Trinajstić information content (AvgIpc) is 3.25. The zero-order chi connectivity index (χ0) is 25.5. The summed E-state index contributed by atoms with van der Waals surface area (Å²) in [5.41, 5.74) is 3.16. The van der Waals surface area contributed by atoms with E-state index in [1.54, 1.807) is 6.08 Å². The number of halogens is 4. The van der Waals surface area contributed by atoms with E-state index in [4.69, 9.17) is 11.6 Å². The number of anilines is 1. The van der Waals surface area contributed by atoms with Gasteiger partial charge in [0.05, 0.1) is 23.5 Å². The Morgan fingerprint density at radius 1 is 1.31 bits per heavy atom. The molecule has 1 aromatic heterocycles. The van der Waals surface area contributed by atoms with Gasteiger partial charge in [-0.25, -0.2) is 23.1 Å². The summed E-state index contributed by atoms with van der Waals surface area (Å²) in [4.78, 5) is 13.0. The molecule has 6 nitrogen and oxygen atoms in total. The number of benzene rings is 1. The number of aromatic nitrogens is 2. The Bertz CT molecular complexity index is 1120. The smallest absolute Gasteiger partial charge is 0.266 e. The standard InChI is InChI=1S/C25H30ClF3N6/c1-5-6-10-21(16(2)34(4)12-11-30-3)35-14-19-20(15-35)32-25(26)33-24(19)31-13-17-8-7-9-18(22(17)27)23(28)29/h5-10,23,30H,1,11-15H2,2-4H3,(H,31,32,33)/b10-6-,21-16-. The summed E-state index contributed by atoms with van der Waals surface area (Å²) in [5, 5.41) is 6.29. The third-order valence-electron chi connectivity index (χ3n) is 5.92. The van der Waals surface area contributed by atoms with E-state index in [1.165, 1.54) is 12.1 Å². The second-order valence-electron chi connectivity index (χ2n) is 8.19. The number of rotatable bonds is 11. The summed E-state index contributed by atoms with van der Waals surface area (Å²) in [6.45, 7) is 8.49. The van der Waals surface area contributed by atoms with Crippen LogP contribution in [0.2, 0.25) is 5.28 Å². The number of nitrogens with zero attached hydrogens (tertiary/aromatic N) is 4. The number of nitrogens with one attached hydrogen (secondary N) is 2. The van der Waals surface area contributed by atoms with Gasteiger partial charge in [-0.1, -0.05) is 36.9 Å². The fraction of sp³-hybridized carbons (Fsp3) is 0.360. The Kier molecular flexibility index (Phi) is 9.17. The van der Waals surface area contributed by atoms with E-state index in [-0.39, 0.29) is 17.4 Å². The van der Waals surface area contributed by atoms with Crippen molar-refractivity contribution in [3.8, 4) is 0 Å². The molecule has 0 spiro atoms. The Labute approximate surface area is 209 Å². The van der Waals surface area contributed by atoms with Crippen LogP contribution >= 0.6 is 11.6 Å². The molecular formula is C25H30ClF3N6. The topological polar surface area (TPSA) is 56.3 Å². The molecule has 0 fully saturated rings. The summed E-state index contributed by atoms with van der Waals surface area (Å²) in [6, 6.07) is 3.97. The third-order valence-corrected chi connectivity index (χ3v) is 6.09. The fourth-order valence-corrected chi connectivity index (χ4v) is 4.07. The second kappa shape index (κ2) is 12.1. The van der Waals surface area contributed by atoms with Crippen LogP contribution in [0.1, 0.15) is 35.7 Å². The lowest BCUT2D eigenvalue weighted by atomic mass is 10.1. The number of hydrogen-bond acceptors (Lipinski definition) is 6. The SMILES string of the molecule is C=C/C=C\C(=C(/C)N(C)CCNC)N1Cc2nc(Cl)nc(NCc3cccc(C(F)F)c3F)c2C1. The molecule has 3 rings (SSSR count). The highest BCUT2D eigenvalue weighted by Crippen LogP contribution is 2.33. The summed E-state index contributed by atoms with van der Waals surface area (Å²) in [5.74, 6) is -0.467. The summed E-state index contributed by atoms with van der Waals surface area (Å²) in [7, 11) is 3.94. The Morgan fingerprint density at radius 2 is 2.09 bits per heavy atom. The molecule has 1 aliphatic heterocycles.